The lowest BCUT2D eigenvalue weighted by Gasteiger charge is -2.16. The van der Waals surface area contributed by atoms with E-state index in [1.54, 1.807) is 19.1 Å². The molecule has 0 spiro atoms. The Morgan fingerprint density at radius 3 is 2.53 bits per heavy atom. The normalized spacial score (nSPS) is 15.2. The number of nitrogens with zero attached hydrogens (tertiary/aromatic N) is 2. The third-order valence-electron chi connectivity index (χ3n) is 2.36. The summed E-state index contributed by atoms with van der Waals surface area (Å²) in [6.07, 6.45) is 1.27. The SMILES string of the molecule is CC1=CC(=O)N(Nc2ccc(C)c(Cl)n2)C1=O. The number of halogens is 1. The molecule has 0 saturated heterocycles. The predicted molar refractivity (Wildman–Crippen MR) is 63.2 cm³/mol. The number of imide groups is 1. The molecule has 0 unspecified atom stereocenters. The van der Waals surface area contributed by atoms with Gasteiger partial charge in [0.25, 0.3) is 11.8 Å². The van der Waals surface area contributed by atoms with Gasteiger partial charge in [0.05, 0.1) is 0 Å². The lowest BCUT2D eigenvalue weighted by molar-refractivity contribution is -0.135. The number of pyridine rings is 1. The number of aryl methyl sites for hydroxylation is 1. The summed E-state index contributed by atoms with van der Waals surface area (Å²) in [5, 5.41) is 1.24. The first kappa shape index (κ1) is 11.6. The molecule has 5 nitrogen and oxygen atoms in total. The first-order valence-corrected chi connectivity index (χ1v) is 5.33. The van der Waals surface area contributed by atoms with E-state index in [4.69, 9.17) is 11.6 Å². The monoisotopic (exact) mass is 251 g/mol. The van der Waals surface area contributed by atoms with E-state index >= 15 is 0 Å². The number of hydrazine groups is 1. The number of nitrogens with one attached hydrogen (secondary N) is 1. The molecule has 2 amide bonds. The van der Waals surface area contributed by atoms with Crippen LogP contribution >= 0.6 is 11.6 Å². The minimum atomic E-state index is -0.411. The zero-order chi connectivity index (χ0) is 12.6. The number of rotatable bonds is 2. The smallest absolute Gasteiger partial charge is 0.271 e. The molecule has 0 fully saturated rings. The van der Waals surface area contributed by atoms with Crippen molar-refractivity contribution >= 4 is 29.2 Å². The summed E-state index contributed by atoms with van der Waals surface area (Å²) in [6.45, 7) is 3.40. The zero-order valence-corrected chi connectivity index (χ0v) is 10.1. The average molecular weight is 252 g/mol. The van der Waals surface area contributed by atoms with Crippen molar-refractivity contribution < 1.29 is 9.59 Å². The Balaban J connectivity index is 2.20. The van der Waals surface area contributed by atoms with Crippen LogP contribution in [0, 0.1) is 6.92 Å². The maximum absolute atomic E-state index is 11.6. The van der Waals surface area contributed by atoms with E-state index < -0.39 is 5.91 Å². The molecule has 6 heteroatoms. The van der Waals surface area contributed by atoms with Crippen LogP contribution in [0.25, 0.3) is 0 Å². The van der Waals surface area contributed by atoms with E-state index in [0.717, 1.165) is 10.6 Å². The van der Waals surface area contributed by atoms with Gasteiger partial charge >= 0.3 is 0 Å². The Hall–Kier alpha value is -1.88. The van der Waals surface area contributed by atoms with Crippen molar-refractivity contribution in [2.45, 2.75) is 13.8 Å². The fourth-order valence-electron chi connectivity index (χ4n) is 1.37. The maximum atomic E-state index is 11.6. The number of carbonyl (C=O) groups is 2. The van der Waals surface area contributed by atoms with Crippen molar-refractivity contribution in [1.82, 2.24) is 9.99 Å². The third-order valence-corrected chi connectivity index (χ3v) is 2.74. The molecule has 0 saturated carbocycles. The fourth-order valence-corrected chi connectivity index (χ4v) is 1.53. The second-order valence-electron chi connectivity index (χ2n) is 3.72. The van der Waals surface area contributed by atoms with Crippen LogP contribution in [-0.2, 0) is 9.59 Å². The molecule has 2 rings (SSSR count). The third kappa shape index (κ3) is 2.14. The van der Waals surface area contributed by atoms with Crippen LogP contribution in [-0.4, -0.2) is 21.8 Å². The van der Waals surface area contributed by atoms with Crippen molar-refractivity contribution in [2.24, 2.45) is 0 Å². The summed E-state index contributed by atoms with van der Waals surface area (Å²) in [5.74, 6) is -0.440. The highest BCUT2D eigenvalue weighted by Gasteiger charge is 2.28. The van der Waals surface area contributed by atoms with Crippen LogP contribution in [0.15, 0.2) is 23.8 Å². The number of hydrogen-bond acceptors (Lipinski definition) is 4. The van der Waals surface area contributed by atoms with Gasteiger partial charge in [0.1, 0.15) is 11.0 Å². The minimum absolute atomic E-state index is 0.332. The molecule has 0 aliphatic carbocycles. The highest BCUT2D eigenvalue weighted by Crippen LogP contribution is 2.18. The zero-order valence-electron chi connectivity index (χ0n) is 9.32. The van der Waals surface area contributed by atoms with Crippen molar-refractivity contribution in [2.75, 3.05) is 5.43 Å². The van der Waals surface area contributed by atoms with Crippen LogP contribution in [0.5, 0.6) is 0 Å². The Bertz CT molecular complexity index is 540. The number of amides is 2. The average Bonchev–Trinajstić information content (AvgIpc) is 2.50. The molecule has 1 N–H and O–H groups in total. The van der Waals surface area contributed by atoms with Gasteiger partial charge in [0.2, 0.25) is 0 Å². The molecule has 0 radical (unpaired) electrons. The van der Waals surface area contributed by atoms with E-state index in [1.807, 2.05) is 6.92 Å². The van der Waals surface area contributed by atoms with Crippen LogP contribution in [0.4, 0.5) is 5.82 Å². The highest BCUT2D eigenvalue weighted by atomic mass is 35.5. The molecule has 2 heterocycles. The number of aromatic nitrogens is 1. The molecular weight excluding hydrogens is 242 g/mol. The van der Waals surface area contributed by atoms with Crippen LogP contribution in [0.3, 0.4) is 0 Å². The molecule has 1 aliphatic rings. The van der Waals surface area contributed by atoms with Gasteiger partial charge in [-0.15, -0.1) is 0 Å². The highest BCUT2D eigenvalue weighted by molar-refractivity contribution is 6.30. The molecule has 0 bridgehead atoms. The first-order valence-electron chi connectivity index (χ1n) is 4.95. The van der Waals surface area contributed by atoms with Gasteiger partial charge in [0, 0.05) is 11.6 Å². The van der Waals surface area contributed by atoms with Crippen LogP contribution in [0.1, 0.15) is 12.5 Å². The molecule has 88 valence electrons. The van der Waals surface area contributed by atoms with Crippen LogP contribution in [0.2, 0.25) is 5.15 Å². The van der Waals surface area contributed by atoms with Gasteiger partial charge in [-0.2, -0.15) is 5.01 Å². The number of carbonyl (C=O) groups excluding carboxylic acids is 2. The minimum Gasteiger partial charge on any atom is -0.271 e. The summed E-state index contributed by atoms with van der Waals surface area (Å²) in [7, 11) is 0. The Morgan fingerprint density at radius 1 is 1.29 bits per heavy atom. The van der Waals surface area contributed by atoms with Gasteiger partial charge in [0.15, 0.2) is 0 Å². The van der Waals surface area contributed by atoms with Gasteiger partial charge in [-0.3, -0.25) is 15.0 Å². The van der Waals surface area contributed by atoms with E-state index in [0.29, 0.717) is 16.5 Å². The lowest BCUT2D eigenvalue weighted by Crippen LogP contribution is -2.36. The van der Waals surface area contributed by atoms with E-state index in [2.05, 4.69) is 10.4 Å². The second kappa shape index (κ2) is 4.18. The summed E-state index contributed by atoms with van der Waals surface area (Å²) >= 11 is 5.85. The topological polar surface area (TPSA) is 62.3 Å². The molecule has 1 aromatic rings. The molecule has 17 heavy (non-hydrogen) atoms. The predicted octanol–water partition coefficient (Wildman–Crippen LogP) is 1.69. The Kier molecular flexibility index (Phi) is 2.85. The standard InChI is InChI=1S/C11H10ClN3O2/c1-6-3-4-8(13-10(6)12)14-15-9(16)5-7(2)11(15)17/h3-5H,1-2H3,(H,13,14). The van der Waals surface area contributed by atoms with Gasteiger partial charge < -0.3 is 0 Å². The second-order valence-corrected chi connectivity index (χ2v) is 4.08. The van der Waals surface area contributed by atoms with E-state index in [-0.39, 0.29) is 5.91 Å². The summed E-state index contributed by atoms with van der Waals surface area (Å²) in [4.78, 5) is 27.1. The van der Waals surface area contributed by atoms with Crippen LogP contribution < -0.4 is 5.43 Å². The van der Waals surface area contributed by atoms with Gasteiger partial charge in [-0.05, 0) is 25.5 Å². The summed E-state index contributed by atoms with van der Waals surface area (Å²) in [6, 6.07) is 3.40. The molecular formula is C11H10ClN3O2. The number of anilines is 1. The fraction of sp³-hybridized carbons (Fsp3) is 0.182. The van der Waals surface area contributed by atoms with Crippen molar-refractivity contribution in [1.29, 1.82) is 0 Å². The maximum Gasteiger partial charge on any atom is 0.275 e. The van der Waals surface area contributed by atoms with Crippen molar-refractivity contribution in [3.63, 3.8) is 0 Å². The van der Waals surface area contributed by atoms with Crippen molar-refractivity contribution in [3.05, 3.63) is 34.5 Å². The van der Waals surface area contributed by atoms with E-state index in [9.17, 15) is 9.59 Å². The summed E-state index contributed by atoms with van der Waals surface area (Å²) in [5.41, 5.74) is 3.84. The van der Waals surface area contributed by atoms with Gasteiger partial charge in [-0.25, -0.2) is 4.98 Å². The summed E-state index contributed by atoms with van der Waals surface area (Å²) < 4.78 is 0. The largest absolute Gasteiger partial charge is 0.275 e. The number of hydrogen-bond donors (Lipinski definition) is 1. The Morgan fingerprint density at radius 2 is 2.00 bits per heavy atom. The van der Waals surface area contributed by atoms with Gasteiger partial charge in [-0.1, -0.05) is 17.7 Å². The Labute approximate surface area is 103 Å². The molecule has 0 atom stereocenters. The molecule has 1 aromatic heterocycles. The molecule has 1 aliphatic heterocycles. The quantitative estimate of drug-likeness (QED) is 0.642. The lowest BCUT2D eigenvalue weighted by atomic mass is 10.3. The van der Waals surface area contributed by atoms with Crippen molar-refractivity contribution in [3.8, 4) is 0 Å². The molecule has 0 aromatic carbocycles. The van der Waals surface area contributed by atoms with E-state index in [1.165, 1.54) is 6.08 Å². The first-order chi connectivity index (χ1) is 7.99.